The van der Waals surface area contributed by atoms with E-state index >= 15 is 0 Å². The first kappa shape index (κ1) is 22.0. The van der Waals surface area contributed by atoms with Crippen molar-refractivity contribution >= 4 is 28.4 Å². The van der Waals surface area contributed by atoms with Gasteiger partial charge < -0.3 is 15.1 Å². The minimum atomic E-state index is -0.353. The second-order valence-corrected chi connectivity index (χ2v) is 11.1. The number of rotatable bonds is 4. The Bertz CT molecular complexity index is 1090. The Hall–Kier alpha value is -2.45. The average molecular weight is 465 g/mol. The molecular weight excluding hydrogens is 428 g/mol. The molecule has 1 aromatic carbocycles. The number of amides is 2. The van der Waals surface area contributed by atoms with E-state index < -0.39 is 0 Å². The van der Waals surface area contributed by atoms with Crippen molar-refractivity contribution in [1.82, 2.24) is 25.3 Å². The summed E-state index contributed by atoms with van der Waals surface area (Å²) in [6, 6.07) is 6.51. The number of anilines is 1. The molecule has 0 saturated carbocycles. The van der Waals surface area contributed by atoms with E-state index in [2.05, 4.69) is 43.7 Å². The Morgan fingerprint density at radius 2 is 1.85 bits per heavy atom. The summed E-state index contributed by atoms with van der Waals surface area (Å²) in [4.78, 5) is 29.1. The average Bonchev–Trinajstić information content (AvgIpc) is 3.15. The second kappa shape index (κ2) is 8.64. The van der Waals surface area contributed by atoms with Crippen LogP contribution in [0.15, 0.2) is 18.2 Å². The molecule has 182 valence electrons. The van der Waals surface area contributed by atoms with Crippen LogP contribution < -0.4 is 15.5 Å². The summed E-state index contributed by atoms with van der Waals surface area (Å²) in [5.74, 6) is 0.0335. The first-order valence-electron chi connectivity index (χ1n) is 13.0. The third kappa shape index (κ3) is 4.01. The lowest BCUT2D eigenvalue weighted by Gasteiger charge is -2.54. The molecular formula is C26H36N6O2. The summed E-state index contributed by atoms with van der Waals surface area (Å²) in [5.41, 5.74) is 3.69. The highest BCUT2D eigenvalue weighted by atomic mass is 16.2. The van der Waals surface area contributed by atoms with Gasteiger partial charge in [-0.15, -0.1) is 0 Å². The van der Waals surface area contributed by atoms with Gasteiger partial charge in [0.05, 0.1) is 17.1 Å². The molecule has 1 spiro atoms. The molecule has 6 rings (SSSR count). The molecule has 4 saturated heterocycles. The summed E-state index contributed by atoms with van der Waals surface area (Å²) in [6.45, 7) is 8.46. The van der Waals surface area contributed by atoms with Crippen LogP contribution in [0, 0.1) is 11.3 Å². The van der Waals surface area contributed by atoms with Crippen LogP contribution in [-0.2, 0) is 16.6 Å². The summed E-state index contributed by atoms with van der Waals surface area (Å²) in [5, 5.41) is 11.7. The zero-order valence-corrected chi connectivity index (χ0v) is 20.2. The highest BCUT2D eigenvalue weighted by molar-refractivity contribution is 6.02. The number of nitrogens with one attached hydrogen (secondary N) is 2. The van der Waals surface area contributed by atoms with E-state index in [1.165, 1.54) is 64.1 Å². The molecule has 2 aromatic rings. The maximum absolute atomic E-state index is 12.4. The Morgan fingerprint density at radius 1 is 1.09 bits per heavy atom. The quantitative estimate of drug-likeness (QED) is 0.674. The van der Waals surface area contributed by atoms with Gasteiger partial charge in [0.2, 0.25) is 11.8 Å². The third-order valence-corrected chi connectivity index (χ3v) is 8.71. The molecule has 4 fully saturated rings. The molecule has 1 atom stereocenters. The van der Waals surface area contributed by atoms with Gasteiger partial charge in [-0.25, -0.2) is 0 Å². The molecule has 0 radical (unpaired) electrons. The second-order valence-electron chi connectivity index (χ2n) is 11.1. The Balaban J connectivity index is 1.08. The van der Waals surface area contributed by atoms with Crippen molar-refractivity contribution in [2.24, 2.45) is 18.4 Å². The van der Waals surface area contributed by atoms with Crippen LogP contribution in [0.4, 0.5) is 5.69 Å². The standard InChI is InChI=1S/C26H36N6O2/c1-30-22-14-19(2-3-20(22)24(29-30)21-4-5-23(33)28-25(21)34)32-12-6-18(7-13-32)15-31-16-26(17-31)8-10-27-11-9-26/h2-3,14,18,21,27H,4-13,15-17H2,1H3,(H,28,33,34). The third-order valence-electron chi connectivity index (χ3n) is 8.71. The molecule has 2 amide bonds. The van der Waals surface area contributed by atoms with Crippen LogP contribution in [-0.4, -0.2) is 72.3 Å². The molecule has 4 aliphatic rings. The molecule has 8 nitrogen and oxygen atoms in total. The van der Waals surface area contributed by atoms with Crippen molar-refractivity contribution < 1.29 is 9.59 Å². The number of fused-ring (bicyclic) bond motifs is 1. The van der Waals surface area contributed by atoms with Crippen molar-refractivity contribution in [3.63, 3.8) is 0 Å². The highest BCUT2D eigenvalue weighted by Crippen LogP contribution is 2.40. The van der Waals surface area contributed by atoms with Gasteiger partial charge in [0.1, 0.15) is 0 Å². The van der Waals surface area contributed by atoms with Crippen LogP contribution in [0.5, 0.6) is 0 Å². The molecule has 34 heavy (non-hydrogen) atoms. The van der Waals surface area contributed by atoms with Crippen LogP contribution >= 0.6 is 0 Å². The van der Waals surface area contributed by atoms with E-state index in [0.29, 0.717) is 18.3 Å². The molecule has 5 heterocycles. The predicted molar refractivity (Wildman–Crippen MR) is 132 cm³/mol. The number of aromatic nitrogens is 2. The van der Waals surface area contributed by atoms with E-state index in [4.69, 9.17) is 0 Å². The predicted octanol–water partition coefficient (Wildman–Crippen LogP) is 2.00. The lowest BCUT2D eigenvalue weighted by atomic mass is 9.72. The maximum Gasteiger partial charge on any atom is 0.235 e. The van der Waals surface area contributed by atoms with E-state index in [-0.39, 0.29) is 17.7 Å². The number of likely N-dealkylation sites (tertiary alicyclic amines) is 1. The number of benzene rings is 1. The molecule has 0 aliphatic carbocycles. The number of hydrogen-bond acceptors (Lipinski definition) is 6. The van der Waals surface area contributed by atoms with E-state index in [1.807, 2.05) is 11.7 Å². The van der Waals surface area contributed by atoms with Crippen molar-refractivity contribution in [3.05, 3.63) is 23.9 Å². The lowest BCUT2D eigenvalue weighted by molar-refractivity contribution is -0.134. The van der Waals surface area contributed by atoms with Crippen molar-refractivity contribution in [2.45, 2.75) is 44.4 Å². The minimum Gasteiger partial charge on any atom is -0.371 e. The monoisotopic (exact) mass is 464 g/mol. The molecule has 1 aromatic heterocycles. The van der Waals surface area contributed by atoms with Gasteiger partial charge in [0.25, 0.3) is 0 Å². The highest BCUT2D eigenvalue weighted by Gasteiger charge is 2.43. The normalized spacial score (nSPS) is 26.1. The van der Waals surface area contributed by atoms with Crippen LogP contribution in [0.25, 0.3) is 10.9 Å². The van der Waals surface area contributed by atoms with E-state index in [0.717, 1.165) is 35.6 Å². The van der Waals surface area contributed by atoms with E-state index in [9.17, 15) is 9.59 Å². The Kier molecular flexibility index (Phi) is 5.60. The van der Waals surface area contributed by atoms with Crippen LogP contribution in [0.3, 0.4) is 0 Å². The largest absolute Gasteiger partial charge is 0.371 e. The molecule has 1 unspecified atom stereocenters. The molecule has 4 aliphatic heterocycles. The topological polar surface area (TPSA) is 82.5 Å². The zero-order chi connectivity index (χ0) is 23.3. The first-order valence-corrected chi connectivity index (χ1v) is 13.0. The molecule has 8 heteroatoms. The number of carbonyl (C=O) groups is 2. The van der Waals surface area contributed by atoms with Crippen molar-refractivity contribution in [3.8, 4) is 0 Å². The molecule has 2 N–H and O–H groups in total. The van der Waals surface area contributed by atoms with Crippen molar-refractivity contribution in [2.75, 3.05) is 50.7 Å². The summed E-state index contributed by atoms with van der Waals surface area (Å²) < 4.78 is 1.88. The Morgan fingerprint density at radius 3 is 2.59 bits per heavy atom. The molecule has 0 bridgehead atoms. The number of aryl methyl sites for hydroxylation is 1. The fraction of sp³-hybridized carbons (Fsp3) is 0.654. The minimum absolute atomic E-state index is 0.188. The number of nitrogens with zero attached hydrogens (tertiary/aromatic N) is 4. The van der Waals surface area contributed by atoms with Gasteiger partial charge in [-0.2, -0.15) is 5.10 Å². The maximum atomic E-state index is 12.4. The zero-order valence-electron chi connectivity index (χ0n) is 20.2. The van der Waals surface area contributed by atoms with Crippen LogP contribution in [0.2, 0.25) is 0 Å². The van der Waals surface area contributed by atoms with Gasteiger partial charge in [-0.1, -0.05) is 0 Å². The lowest BCUT2D eigenvalue weighted by Crippen LogP contribution is -2.60. The van der Waals surface area contributed by atoms with Gasteiger partial charge in [0, 0.05) is 57.3 Å². The van der Waals surface area contributed by atoms with Gasteiger partial charge in [0.15, 0.2) is 0 Å². The van der Waals surface area contributed by atoms with Crippen LogP contribution in [0.1, 0.15) is 50.1 Å². The summed E-state index contributed by atoms with van der Waals surface area (Å²) in [6.07, 6.45) is 6.09. The number of piperidine rings is 3. The fourth-order valence-electron chi connectivity index (χ4n) is 6.73. The van der Waals surface area contributed by atoms with Gasteiger partial charge in [-0.05, 0) is 74.7 Å². The summed E-state index contributed by atoms with van der Waals surface area (Å²) in [7, 11) is 1.94. The number of carbonyl (C=O) groups excluding carboxylic acids is 2. The summed E-state index contributed by atoms with van der Waals surface area (Å²) >= 11 is 0. The smallest absolute Gasteiger partial charge is 0.235 e. The number of imide groups is 1. The van der Waals surface area contributed by atoms with E-state index in [1.54, 1.807) is 0 Å². The van der Waals surface area contributed by atoms with Gasteiger partial charge in [-0.3, -0.25) is 19.6 Å². The number of hydrogen-bond donors (Lipinski definition) is 2. The van der Waals surface area contributed by atoms with Gasteiger partial charge >= 0.3 is 0 Å². The Labute approximate surface area is 201 Å². The van der Waals surface area contributed by atoms with Crippen molar-refractivity contribution in [1.29, 1.82) is 0 Å². The fourth-order valence-corrected chi connectivity index (χ4v) is 6.73. The SMILES string of the molecule is Cn1nc(C2CCC(=O)NC2=O)c2ccc(N3CCC(CN4CC5(CCNCC5)C4)CC3)cc21. The first-order chi connectivity index (χ1) is 16.5.